The molecule has 0 amide bonds. The summed E-state index contributed by atoms with van der Waals surface area (Å²) in [5, 5.41) is 0. The van der Waals surface area contributed by atoms with Gasteiger partial charge in [-0.3, -0.25) is 24.1 Å². The summed E-state index contributed by atoms with van der Waals surface area (Å²) in [6.07, 6.45) is 34.0. The zero-order chi connectivity index (χ0) is 42.7. The molecule has 1 unspecified atom stereocenters. The number of likely N-dealkylation sites (tertiary alicyclic amines) is 1. The second-order valence-electron chi connectivity index (χ2n) is 16.9. The fourth-order valence-electron chi connectivity index (χ4n) is 7.25. The molecule has 0 N–H and O–H groups in total. The summed E-state index contributed by atoms with van der Waals surface area (Å²) >= 11 is 0. The smallest absolute Gasteiger partial charge is 0.307 e. The second-order valence-corrected chi connectivity index (χ2v) is 16.9. The molecule has 0 aromatic carbocycles. The van der Waals surface area contributed by atoms with Gasteiger partial charge in [0, 0.05) is 32.5 Å². The summed E-state index contributed by atoms with van der Waals surface area (Å²) in [6, 6.07) is 0. The van der Waals surface area contributed by atoms with Crippen LogP contribution in [0.5, 0.6) is 0 Å². The maximum Gasteiger partial charge on any atom is 0.307 e. The fourth-order valence-corrected chi connectivity index (χ4v) is 7.25. The maximum absolute atomic E-state index is 12.1. The molecule has 0 radical (unpaired) electrons. The van der Waals surface area contributed by atoms with Gasteiger partial charge in [0.25, 0.3) is 6.47 Å². The van der Waals surface area contributed by atoms with Gasteiger partial charge in [-0.05, 0) is 84.8 Å². The average Bonchev–Trinajstić information content (AvgIpc) is 3.65. The second kappa shape index (κ2) is 42.9. The lowest BCUT2D eigenvalue weighted by atomic mass is 10.0. The van der Waals surface area contributed by atoms with Crippen LogP contribution in [-0.2, 0) is 38.1 Å². The summed E-state index contributed by atoms with van der Waals surface area (Å²) in [4.78, 5) is 50.2. The zero-order valence-corrected chi connectivity index (χ0v) is 38.6. The van der Waals surface area contributed by atoms with E-state index in [1.807, 2.05) is 19.0 Å². The molecule has 0 bridgehead atoms. The highest BCUT2D eigenvalue weighted by Crippen LogP contribution is 2.18. The number of esters is 3. The number of carbonyl (C=O) groups excluding carboxylic acids is 4. The predicted octanol–water partition coefficient (Wildman–Crippen LogP) is 11.5. The molecule has 0 aliphatic carbocycles. The first kappa shape index (κ1) is 55.8. The minimum absolute atomic E-state index is 0.0229. The Kier molecular flexibility index (Phi) is 41.3. The van der Waals surface area contributed by atoms with Crippen LogP contribution in [0, 0.1) is 0 Å². The average molecular weight is 825 g/mol. The first-order valence-electron chi connectivity index (χ1n) is 24.2. The zero-order valence-electron chi connectivity index (χ0n) is 38.6. The van der Waals surface area contributed by atoms with Crippen molar-refractivity contribution in [1.82, 2.24) is 9.80 Å². The molecule has 0 aromatic rings. The van der Waals surface area contributed by atoms with E-state index in [2.05, 4.69) is 30.4 Å². The number of unbranched alkanes of at least 4 members (excludes halogenated alkanes) is 20. The Labute approximate surface area is 357 Å². The predicted molar refractivity (Wildman–Crippen MR) is 238 cm³/mol. The Morgan fingerprint density at radius 2 is 1.10 bits per heavy atom. The van der Waals surface area contributed by atoms with E-state index in [4.69, 9.17) is 14.2 Å². The van der Waals surface area contributed by atoms with Gasteiger partial charge in [0.2, 0.25) is 0 Å². The van der Waals surface area contributed by atoms with E-state index >= 15 is 0 Å². The molecular formula is C48H92N2O8. The molecular weight excluding hydrogens is 733 g/mol. The molecule has 10 heteroatoms. The standard InChI is InChI=1S/C26H50N2O4.C22H42O4/c1-4-5-6-7-8-9-10-11-15-22-31-25(29)16-13-12-14-19-28-21-17-24(23-28)32-26(30)18-20-27(2)3;1-3-5-7-12-16-21(17-13-8-6-4-2)26-22(24)18-14-10-9-11-15-19-25-20-23/h24H,4-23H2,1-3H3;20-21H,3-19H2,1-2H3. The van der Waals surface area contributed by atoms with Gasteiger partial charge >= 0.3 is 17.9 Å². The van der Waals surface area contributed by atoms with Crippen LogP contribution >= 0.6 is 0 Å². The summed E-state index contributed by atoms with van der Waals surface area (Å²) in [6.45, 7) is 11.9. The van der Waals surface area contributed by atoms with Crippen molar-refractivity contribution in [3.63, 3.8) is 0 Å². The van der Waals surface area contributed by atoms with E-state index in [0.29, 0.717) is 38.9 Å². The van der Waals surface area contributed by atoms with Crippen molar-refractivity contribution in [2.24, 2.45) is 0 Å². The third-order valence-electron chi connectivity index (χ3n) is 10.9. The highest BCUT2D eigenvalue weighted by Gasteiger charge is 2.25. The number of nitrogens with zero attached hydrogens (tertiary/aromatic N) is 2. The monoisotopic (exact) mass is 825 g/mol. The Bertz CT molecular complexity index is 937. The number of hydrogen-bond acceptors (Lipinski definition) is 10. The van der Waals surface area contributed by atoms with Gasteiger partial charge < -0.3 is 23.8 Å². The molecule has 1 saturated heterocycles. The number of rotatable bonds is 40. The quantitative estimate of drug-likeness (QED) is 0.0256. The molecule has 0 aromatic heterocycles. The van der Waals surface area contributed by atoms with E-state index in [1.54, 1.807) is 0 Å². The van der Waals surface area contributed by atoms with Crippen molar-refractivity contribution in [1.29, 1.82) is 0 Å². The summed E-state index contributed by atoms with van der Waals surface area (Å²) in [7, 11) is 3.92. The van der Waals surface area contributed by atoms with Crippen LogP contribution in [0.15, 0.2) is 0 Å². The SMILES string of the molecule is CCCCCCC(CCCCCC)OC(=O)CCCCCCCOC=O.CCCCCCCCCCCOC(=O)CCCCCN1CCC(OC(=O)CCN(C)C)C1. The topological polar surface area (TPSA) is 112 Å². The van der Waals surface area contributed by atoms with Gasteiger partial charge in [0.15, 0.2) is 0 Å². The van der Waals surface area contributed by atoms with Crippen LogP contribution in [0.4, 0.5) is 0 Å². The Morgan fingerprint density at radius 3 is 1.67 bits per heavy atom. The molecule has 1 aliphatic rings. The molecule has 1 atom stereocenters. The summed E-state index contributed by atoms with van der Waals surface area (Å²) in [5.74, 6) is -0.160. The minimum atomic E-state index is -0.0912. The van der Waals surface area contributed by atoms with Crippen molar-refractivity contribution >= 4 is 24.4 Å². The number of hydrogen-bond donors (Lipinski definition) is 0. The lowest BCUT2D eigenvalue weighted by molar-refractivity contribution is -0.150. The Hall–Kier alpha value is -2.20. The van der Waals surface area contributed by atoms with E-state index in [1.165, 1.54) is 103 Å². The van der Waals surface area contributed by atoms with Crippen molar-refractivity contribution in [3.8, 4) is 0 Å². The number of ether oxygens (including phenoxy) is 4. The summed E-state index contributed by atoms with van der Waals surface area (Å²) in [5.41, 5.74) is 0. The number of carbonyl (C=O) groups is 4. The molecule has 1 rings (SSSR count). The van der Waals surface area contributed by atoms with E-state index in [-0.39, 0.29) is 30.1 Å². The van der Waals surface area contributed by atoms with Crippen molar-refractivity contribution in [2.75, 3.05) is 53.5 Å². The summed E-state index contributed by atoms with van der Waals surface area (Å²) < 4.78 is 21.4. The first-order chi connectivity index (χ1) is 28.2. The largest absolute Gasteiger partial charge is 0.468 e. The molecule has 1 fully saturated rings. The van der Waals surface area contributed by atoms with Crippen LogP contribution in [0.1, 0.15) is 220 Å². The normalized spacial score (nSPS) is 14.0. The maximum atomic E-state index is 12.1. The molecule has 0 spiro atoms. The van der Waals surface area contributed by atoms with Gasteiger partial charge in [0.05, 0.1) is 19.6 Å². The highest BCUT2D eigenvalue weighted by molar-refractivity contribution is 5.70. The van der Waals surface area contributed by atoms with E-state index in [9.17, 15) is 19.2 Å². The molecule has 1 aliphatic heterocycles. The van der Waals surface area contributed by atoms with Gasteiger partial charge in [-0.1, -0.05) is 136 Å². The van der Waals surface area contributed by atoms with E-state index in [0.717, 1.165) is 103 Å². The van der Waals surface area contributed by atoms with Gasteiger partial charge in [-0.2, -0.15) is 0 Å². The molecule has 0 saturated carbocycles. The van der Waals surface area contributed by atoms with E-state index < -0.39 is 0 Å². The lowest BCUT2D eigenvalue weighted by Gasteiger charge is -2.18. The highest BCUT2D eigenvalue weighted by atomic mass is 16.5. The lowest BCUT2D eigenvalue weighted by Crippen LogP contribution is -2.27. The van der Waals surface area contributed by atoms with Gasteiger partial charge in [0.1, 0.15) is 12.2 Å². The molecule has 342 valence electrons. The molecule has 58 heavy (non-hydrogen) atoms. The molecule has 10 nitrogen and oxygen atoms in total. The van der Waals surface area contributed by atoms with Crippen molar-refractivity contribution in [3.05, 3.63) is 0 Å². The van der Waals surface area contributed by atoms with Crippen molar-refractivity contribution < 1.29 is 38.1 Å². The van der Waals surface area contributed by atoms with Gasteiger partial charge in [-0.15, -0.1) is 0 Å². The Morgan fingerprint density at radius 1 is 0.603 bits per heavy atom. The third-order valence-corrected chi connectivity index (χ3v) is 10.9. The fraction of sp³-hybridized carbons (Fsp3) is 0.917. The minimum Gasteiger partial charge on any atom is -0.468 e. The van der Waals surface area contributed by atoms with Crippen molar-refractivity contribution in [2.45, 2.75) is 232 Å². The van der Waals surface area contributed by atoms with Gasteiger partial charge in [-0.25, -0.2) is 0 Å². The molecule has 1 heterocycles. The van der Waals surface area contributed by atoms with Crippen LogP contribution < -0.4 is 0 Å². The van der Waals surface area contributed by atoms with Crippen LogP contribution in [0.2, 0.25) is 0 Å². The van der Waals surface area contributed by atoms with Crippen LogP contribution in [0.3, 0.4) is 0 Å². The van der Waals surface area contributed by atoms with Crippen LogP contribution in [-0.4, -0.2) is 99.9 Å². The van der Waals surface area contributed by atoms with Crippen LogP contribution in [0.25, 0.3) is 0 Å². The third kappa shape index (κ3) is 39.3. The Balaban J connectivity index is 0.00000115. The first-order valence-corrected chi connectivity index (χ1v) is 24.2.